The predicted molar refractivity (Wildman–Crippen MR) is 65.3 cm³/mol. The van der Waals surface area contributed by atoms with Gasteiger partial charge in [0.2, 0.25) is 0 Å². The van der Waals surface area contributed by atoms with Crippen LogP contribution in [0.4, 0.5) is 5.69 Å². The number of anilines is 1. The van der Waals surface area contributed by atoms with Crippen molar-refractivity contribution in [3.05, 3.63) is 22.7 Å². The van der Waals surface area contributed by atoms with Crippen LogP contribution in [0.15, 0.2) is 22.7 Å². The van der Waals surface area contributed by atoms with E-state index in [1.807, 2.05) is 0 Å². The van der Waals surface area contributed by atoms with Crippen molar-refractivity contribution in [2.24, 2.45) is 0 Å². The molecule has 2 N–H and O–H groups in total. The van der Waals surface area contributed by atoms with Crippen LogP contribution in [0, 0.1) is 0 Å². The minimum absolute atomic E-state index is 0.135. The Kier molecular flexibility index (Phi) is 4.61. The van der Waals surface area contributed by atoms with Crippen LogP contribution in [-0.4, -0.2) is 18.7 Å². The molecule has 0 amide bonds. The number of rotatable bonds is 4. The Morgan fingerprint density at radius 2 is 2.19 bits per heavy atom. The van der Waals surface area contributed by atoms with E-state index in [2.05, 4.69) is 15.9 Å². The lowest BCUT2D eigenvalue weighted by Crippen LogP contribution is -2.19. The molecule has 0 spiro atoms. The molecule has 88 valence electrons. The Hall–Kier alpha value is -1.23. The van der Waals surface area contributed by atoms with Crippen LogP contribution in [0.2, 0.25) is 0 Å². The third kappa shape index (κ3) is 4.10. The van der Waals surface area contributed by atoms with Crippen LogP contribution in [-0.2, 0) is 9.53 Å². The van der Waals surface area contributed by atoms with Gasteiger partial charge < -0.3 is 15.2 Å². The van der Waals surface area contributed by atoms with Gasteiger partial charge in [-0.3, -0.25) is 0 Å². The first-order valence-corrected chi connectivity index (χ1v) is 5.65. The molecule has 0 aromatic heterocycles. The summed E-state index contributed by atoms with van der Waals surface area (Å²) in [5.74, 6) is 0.0706. The number of ether oxygens (including phenoxy) is 2. The minimum Gasteiger partial charge on any atom is -0.480 e. The van der Waals surface area contributed by atoms with Crippen LogP contribution < -0.4 is 10.5 Å². The van der Waals surface area contributed by atoms with Gasteiger partial charge in [0.1, 0.15) is 5.75 Å². The molecule has 0 aliphatic heterocycles. The van der Waals surface area contributed by atoms with E-state index in [4.69, 9.17) is 15.2 Å². The molecule has 0 saturated carbocycles. The first kappa shape index (κ1) is 12.8. The summed E-state index contributed by atoms with van der Waals surface area (Å²) < 4.78 is 11.0. The van der Waals surface area contributed by atoms with Crippen LogP contribution >= 0.6 is 15.9 Å². The maximum absolute atomic E-state index is 11.2. The van der Waals surface area contributed by atoms with Gasteiger partial charge >= 0.3 is 5.97 Å². The van der Waals surface area contributed by atoms with Crippen LogP contribution in [0.25, 0.3) is 0 Å². The molecule has 1 rings (SSSR count). The lowest BCUT2D eigenvalue weighted by atomic mass is 10.3. The third-order valence-corrected chi connectivity index (χ3v) is 2.18. The second kappa shape index (κ2) is 5.75. The quantitative estimate of drug-likeness (QED) is 0.682. The largest absolute Gasteiger partial charge is 0.480 e. The first-order chi connectivity index (χ1) is 7.49. The smallest absolute Gasteiger partial charge is 0.344 e. The molecule has 0 radical (unpaired) electrons. The Morgan fingerprint density at radius 1 is 1.50 bits per heavy atom. The highest BCUT2D eigenvalue weighted by Crippen LogP contribution is 2.25. The molecule has 0 atom stereocenters. The van der Waals surface area contributed by atoms with Crippen molar-refractivity contribution in [1.82, 2.24) is 0 Å². The molecule has 5 heteroatoms. The number of carbonyl (C=O) groups is 1. The van der Waals surface area contributed by atoms with Gasteiger partial charge in [-0.25, -0.2) is 4.79 Å². The number of benzene rings is 1. The summed E-state index contributed by atoms with van der Waals surface area (Å²) in [5, 5.41) is 0. The Labute approximate surface area is 103 Å². The highest BCUT2D eigenvalue weighted by atomic mass is 79.9. The average molecular weight is 288 g/mol. The van der Waals surface area contributed by atoms with Gasteiger partial charge in [-0.15, -0.1) is 0 Å². The topological polar surface area (TPSA) is 61.5 Å². The minimum atomic E-state index is -0.405. The average Bonchev–Trinajstić information content (AvgIpc) is 2.15. The Bertz CT molecular complexity index is 379. The maximum atomic E-state index is 11.2. The van der Waals surface area contributed by atoms with Crippen molar-refractivity contribution in [3.8, 4) is 5.75 Å². The summed E-state index contributed by atoms with van der Waals surface area (Å²) in [7, 11) is 0. The van der Waals surface area contributed by atoms with E-state index in [1.165, 1.54) is 0 Å². The van der Waals surface area contributed by atoms with Gasteiger partial charge in [0.15, 0.2) is 6.61 Å². The van der Waals surface area contributed by atoms with Crippen molar-refractivity contribution in [2.75, 3.05) is 12.3 Å². The second-order valence-electron chi connectivity index (χ2n) is 3.51. The predicted octanol–water partition coefficient (Wildman–Crippen LogP) is 2.36. The van der Waals surface area contributed by atoms with E-state index in [1.54, 1.807) is 32.0 Å². The van der Waals surface area contributed by atoms with E-state index in [-0.39, 0.29) is 12.7 Å². The number of hydrogen-bond acceptors (Lipinski definition) is 4. The van der Waals surface area contributed by atoms with Crippen molar-refractivity contribution in [3.63, 3.8) is 0 Å². The molecule has 0 aliphatic carbocycles. The molecule has 0 saturated heterocycles. The number of nitrogen functional groups attached to an aromatic ring is 1. The highest BCUT2D eigenvalue weighted by molar-refractivity contribution is 9.10. The van der Waals surface area contributed by atoms with Crippen LogP contribution in [0.1, 0.15) is 13.8 Å². The van der Waals surface area contributed by atoms with Crippen molar-refractivity contribution < 1.29 is 14.3 Å². The van der Waals surface area contributed by atoms with Crippen molar-refractivity contribution in [2.45, 2.75) is 20.0 Å². The SMILES string of the molecule is CC(C)OC(=O)COc1ccc(Br)cc1N. The fourth-order valence-corrected chi connectivity index (χ4v) is 1.46. The number of esters is 1. The molecule has 0 unspecified atom stereocenters. The van der Waals surface area contributed by atoms with Crippen molar-refractivity contribution >= 4 is 27.6 Å². The van der Waals surface area contributed by atoms with E-state index in [9.17, 15) is 4.79 Å². The number of halogens is 1. The highest BCUT2D eigenvalue weighted by Gasteiger charge is 2.08. The van der Waals surface area contributed by atoms with Gasteiger partial charge in [0.05, 0.1) is 11.8 Å². The summed E-state index contributed by atoms with van der Waals surface area (Å²) in [4.78, 5) is 11.2. The summed E-state index contributed by atoms with van der Waals surface area (Å²) in [6.07, 6.45) is -0.140. The van der Waals surface area contributed by atoms with Crippen LogP contribution in [0.5, 0.6) is 5.75 Å². The molecule has 0 heterocycles. The fraction of sp³-hybridized carbons (Fsp3) is 0.364. The lowest BCUT2D eigenvalue weighted by Gasteiger charge is -2.10. The van der Waals surface area contributed by atoms with Gasteiger partial charge in [-0.1, -0.05) is 15.9 Å². The standard InChI is InChI=1S/C11H14BrNO3/c1-7(2)16-11(14)6-15-10-4-3-8(12)5-9(10)13/h3-5,7H,6,13H2,1-2H3. The van der Waals surface area contributed by atoms with E-state index in [0.717, 1.165) is 4.47 Å². The summed E-state index contributed by atoms with van der Waals surface area (Å²) in [6, 6.07) is 5.20. The van der Waals surface area contributed by atoms with Gasteiger partial charge in [0.25, 0.3) is 0 Å². The third-order valence-electron chi connectivity index (χ3n) is 1.68. The summed E-state index contributed by atoms with van der Waals surface area (Å²) in [5.41, 5.74) is 6.18. The number of nitrogens with two attached hydrogens (primary N) is 1. The zero-order valence-corrected chi connectivity index (χ0v) is 10.8. The number of carbonyl (C=O) groups excluding carboxylic acids is 1. The maximum Gasteiger partial charge on any atom is 0.344 e. The molecule has 16 heavy (non-hydrogen) atoms. The van der Waals surface area contributed by atoms with Gasteiger partial charge in [-0.2, -0.15) is 0 Å². The normalized spacial score (nSPS) is 10.2. The fourth-order valence-electron chi connectivity index (χ4n) is 1.08. The second-order valence-corrected chi connectivity index (χ2v) is 4.43. The van der Waals surface area contributed by atoms with Crippen LogP contribution in [0.3, 0.4) is 0 Å². The summed E-state index contributed by atoms with van der Waals surface area (Å²) in [6.45, 7) is 3.43. The van der Waals surface area contributed by atoms with E-state index in [0.29, 0.717) is 11.4 Å². The van der Waals surface area contributed by atoms with Gasteiger partial charge in [-0.05, 0) is 32.0 Å². The van der Waals surface area contributed by atoms with E-state index < -0.39 is 5.97 Å². The molecule has 4 nitrogen and oxygen atoms in total. The Balaban J connectivity index is 2.51. The Morgan fingerprint density at radius 3 is 2.75 bits per heavy atom. The summed E-state index contributed by atoms with van der Waals surface area (Å²) >= 11 is 3.28. The number of hydrogen-bond donors (Lipinski definition) is 1. The zero-order chi connectivity index (χ0) is 12.1. The molecule has 0 aliphatic rings. The lowest BCUT2D eigenvalue weighted by molar-refractivity contribution is -0.149. The molecule has 0 fully saturated rings. The molecular formula is C11H14BrNO3. The zero-order valence-electron chi connectivity index (χ0n) is 9.20. The first-order valence-electron chi connectivity index (χ1n) is 4.86. The molecule has 0 bridgehead atoms. The monoisotopic (exact) mass is 287 g/mol. The molecular weight excluding hydrogens is 274 g/mol. The molecule has 1 aromatic rings. The molecule has 1 aromatic carbocycles. The van der Waals surface area contributed by atoms with E-state index >= 15 is 0 Å². The van der Waals surface area contributed by atoms with Crippen molar-refractivity contribution in [1.29, 1.82) is 0 Å². The van der Waals surface area contributed by atoms with Gasteiger partial charge in [0, 0.05) is 4.47 Å².